The van der Waals surface area contributed by atoms with Gasteiger partial charge in [-0.15, -0.1) is 0 Å². The third-order valence-electron chi connectivity index (χ3n) is 5.20. The van der Waals surface area contributed by atoms with Gasteiger partial charge in [0.15, 0.2) is 5.84 Å². The number of fused-ring (bicyclic) bond motifs is 1. The maximum absolute atomic E-state index is 14.2. The second kappa shape index (κ2) is 8.42. The van der Waals surface area contributed by atoms with Crippen LogP contribution in [0.1, 0.15) is 26.3 Å². The number of rotatable bonds is 3. The third-order valence-corrected chi connectivity index (χ3v) is 5.20. The highest BCUT2D eigenvalue weighted by Gasteiger charge is 2.25. The molecule has 2 heterocycles. The van der Waals surface area contributed by atoms with Gasteiger partial charge in [0.2, 0.25) is 5.95 Å². The van der Waals surface area contributed by atoms with Gasteiger partial charge < -0.3 is 16.0 Å². The lowest BCUT2D eigenvalue weighted by atomic mass is 10.0. The summed E-state index contributed by atoms with van der Waals surface area (Å²) < 4.78 is 16.3. The van der Waals surface area contributed by atoms with Crippen LogP contribution in [-0.2, 0) is 5.54 Å². The molecule has 0 bridgehead atoms. The molecule has 0 unspecified atom stereocenters. The topological polar surface area (TPSA) is 120 Å². The van der Waals surface area contributed by atoms with E-state index in [1.165, 1.54) is 12.1 Å². The number of imidazole rings is 1. The SMILES string of the molecule is CN=C(N=CN)c1cc(F)ccc1-c1nc2cc(-c3cnc(N)nc3)ccc2n1C(C)(C)C. The number of halogens is 1. The predicted octanol–water partition coefficient (Wildman–Crippen LogP) is 4.00. The molecule has 0 saturated heterocycles. The summed E-state index contributed by atoms with van der Waals surface area (Å²) in [6, 6.07) is 10.5. The molecule has 4 N–H and O–H groups in total. The first-order valence-electron chi connectivity index (χ1n) is 10.3. The normalized spacial score (nSPS) is 12.7. The molecule has 8 nitrogen and oxygen atoms in total. The second-order valence-corrected chi connectivity index (χ2v) is 8.49. The van der Waals surface area contributed by atoms with Crippen LogP contribution >= 0.6 is 0 Å². The van der Waals surface area contributed by atoms with Gasteiger partial charge in [-0.1, -0.05) is 6.07 Å². The van der Waals surface area contributed by atoms with Crippen molar-refractivity contribution in [1.29, 1.82) is 0 Å². The van der Waals surface area contributed by atoms with E-state index in [-0.39, 0.29) is 11.5 Å². The van der Waals surface area contributed by atoms with Gasteiger partial charge in [-0.25, -0.2) is 24.3 Å². The van der Waals surface area contributed by atoms with E-state index in [0.717, 1.165) is 28.5 Å². The molecule has 2 aromatic heterocycles. The molecule has 9 heteroatoms. The molecule has 0 radical (unpaired) electrons. The number of nitrogens with zero attached hydrogens (tertiary/aromatic N) is 6. The highest BCUT2D eigenvalue weighted by Crippen LogP contribution is 2.35. The van der Waals surface area contributed by atoms with Crippen LogP contribution in [0.3, 0.4) is 0 Å². The second-order valence-electron chi connectivity index (χ2n) is 8.49. The van der Waals surface area contributed by atoms with Gasteiger partial charge in [0, 0.05) is 41.7 Å². The highest BCUT2D eigenvalue weighted by atomic mass is 19.1. The molecule has 0 amide bonds. The van der Waals surface area contributed by atoms with Crippen LogP contribution in [-0.4, -0.2) is 38.7 Å². The average Bonchev–Trinajstić information content (AvgIpc) is 3.17. The van der Waals surface area contributed by atoms with Crippen LogP contribution in [0.15, 0.2) is 58.8 Å². The predicted molar refractivity (Wildman–Crippen MR) is 131 cm³/mol. The van der Waals surface area contributed by atoms with E-state index in [9.17, 15) is 4.39 Å². The largest absolute Gasteiger partial charge is 0.390 e. The molecule has 0 spiro atoms. The number of hydrogen-bond donors (Lipinski definition) is 2. The number of benzene rings is 2. The maximum atomic E-state index is 14.2. The summed E-state index contributed by atoms with van der Waals surface area (Å²) in [5.41, 5.74) is 15.5. The van der Waals surface area contributed by atoms with Gasteiger partial charge in [-0.05, 0) is 56.7 Å². The Kier molecular flexibility index (Phi) is 5.63. The Bertz CT molecular complexity index is 1380. The summed E-state index contributed by atoms with van der Waals surface area (Å²) in [5, 5.41) is 0. The van der Waals surface area contributed by atoms with E-state index in [0.29, 0.717) is 22.8 Å². The Labute approximate surface area is 190 Å². The minimum absolute atomic E-state index is 0.219. The summed E-state index contributed by atoms with van der Waals surface area (Å²) in [6.07, 6.45) is 4.50. The molecule has 4 aromatic rings. The zero-order valence-corrected chi connectivity index (χ0v) is 18.9. The van der Waals surface area contributed by atoms with Crippen molar-refractivity contribution in [1.82, 2.24) is 19.5 Å². The number of amidine groups is 1. The Morgan fingerprint density at radius 1 is 1.06 bits per heavy atom. The van der Waals surface area contributed by atoms with Gasteiger partial charge in [-0.3, -0.25) is 4.99 Å². The maximum Gasteiger partial charge on any atom is 0.219 e. The third kappa shape index (κ3) is 4.17. The fourth-order valence-corrected chi connectivity index (χ4v) is 3.82. The molecule has 33 heavy (non-hydrogen) atoms. The van der Waals surface area contributed by atoms with Gasteiger partial charge in [-0.2, -0.15) is 0 Å². The molecular formula is C24H25FN8. The smallest absolute Gasteiger partial charge is 0.219 e. The number of nitrogen functional groups attached to an aromatic ring is 1. The van der Waals surface area contributed by atoms with E-state index >= 15 is 0 Å². The van der Waals surface area contributed by atoms with Crippen molar-refractivity contribution in [3.8, 4) is 22.5 Å². The molecular weight excluding hydrogens is 419 g/mol. The van der Waals surface area contributed by atoms with E-state index in [1.807, 2.05) is 18.2 Å². The minimum atomic E-state index is -0.397. The van der Waals surface area contributed by atoms with Crippen LogP contribution in [0, 0.1) is 5.82 Å². The van der Waals surface area contributed by atoms with E-state index in [1.54, 1.807) is 25.5 Å². The Morgan fingerprint density at radius 3 is 2.42 bits per heavy atom. The number of anilines is 1. The molecule has 0 aliphatic carbocycles. The van der Waals surface area contributed by atoms with E-state index in [2.05, 4.69) is 45.3 Å². The first-order valence-corrected chi connectivity index (χ1v) is 10.3. The fourth-order valence-electron chi connectivity index (χ4n) is 3.82. The summed E-state index contributed by atoms with van der Waals surface area (Å²) in [6.45, 7) is 6.28. The standard InChI is InChI=1S/C24H25FN8/c1-24(2,3)33-20-8-5-14(15-11-29-23(27)30-12-15)9-19(20)32-22(33)17-7-6-16(25)10-18(17)21(28-4)31-13-26/h5-13H,1-4H3,(H2,26,28,31)(H2,27,29,30). The van der Waals surface area contributed by atoms with Crippen LogP contribution in [0.5, 0.6) is 0 Å². The summed E-state index contributed by atoms with van der Waals surface area (Å²) >= 11 is 0. The summed E-state index contributed by atoms with van der Waals surface area (Å²) in [7, 11) is 1.59. The first-order chi connectivity index (χ1) is 15.7. The molecule has 168 valence electrons. The zero-order chi connectivity index (χ0) is 23.8. The number of nitrogens with two attached hydrogens (primary N) is 2. The number of aliphatic imine (C=N–C) groups is 2. The average molecular weight is 445 g/mol. The van der Waals surface area contributed by atoms with Gasteiger partial charge >= 0.3 is 0 Å². The summed E-state index contributed by atoms with van der Waals surface area (Å²) in [5.74, 6) is 0.813. The summed E-state index contributed by atoms with van der Waals surface area (Å²) in [4.78, 5) is 21.4. The first kappa shape index (κ1) is 22.1. The van der Waals surface area contributed by atoms with Crippen molar-refractivity contribution < 1.29 is 4.39 Å². The van der Waals surface area contributed by atoms with Gasteiger partial charge in [0.05, 0.1) is 17.4 Å². The van der Waals surface area contributed by atoms with E-state index < -0.39 is 5.82 Å². The Balaban J connectivity index is 1.99. The number of hydrogen-bond acceptors (Lipinski definition) is 5. The van der Waals surface area contributed by atoms with Crippen molar-refractivity contribution in [2.24, 2.45) is 15.7 Å². The van der Waals surface area contributed by atoms with Crippen LogP contribution in [0.2, 0.25) is 0 Å². The van der Waals surface area contributed by atoms with Crippen molar-refractivity contribution in [2.45, 2.75) is 26.3 Å². The lowest BCUT2D eigenvalue weighted by molar-refractivity contribution is 0.413. The van der Waals surface area contributed by atoms with E-state index in [4.69, 9.17) is 16.5 Å². The zero-order valence-electron chi connectivity index (χ0n) is 18.9. The molecule has 0 fully saturated rings. The van der Waals surface area contributed by atoms with Gasteiger partial charge in [0.1, 0.15) is 11.6 Å². The van der Waals surface area contributed by atoms with Crippen molar-refractivity contribution >= 4 is 29.2 Å². The van der Waals surface area contributed by atoms with Crippen molar-refractivity contribution in [3.63, 3.8) is 0 Å². The van der Waals surface area contributed by atoms with Crippen LogP contribution in [0.25, 0.3) is 33.5 Å². The molecule has 0 aliphatic rings. The highest BCUT2D eigenvalue weighted by molar-refractivity contribution is 6.07. The molecule has 4 rings (SSSR count). The molecule has 0 atom stereocenters. The Morgan fingerprint density at radius 2 is 1.79 bits per heavy atom. The molecule has 0 aliphatic heterocycles. The number of aromatic nitrogens is 4. The van der Waals surface area contributed by atoms with Crippen molar-refractivity contribution in [2.75, 3.05) is 12.8 Å². The molecule has 0 saturated carbocycles. The van der Waals surface area contributed by atoms with Crippen molar-refractivity contribution in [3.05, 3.63) is 60.2 Å². The lowest BCUT2D eigenvalue weighted by Gasteiger charge is -2.25. The fraction of sp³-hybridized carbons (Fsp3) is 0.208. The van der Waals surface area contributed by atoms with Crippen LogP contribution in [0.4, 0.5) is 10.3 Å². The minimum Gasteiger partial charge on any atom is -0.390 e. The Hall–Kier alpha value is -4.14. The quantitative estimate of drug-likeness (QED) is 0.365. The monoisotopic (exact) mass is 444 g/mol. The molecule has 2 aromatic carbocycles. The van der Waals surface area contributed by atoms with Crippen LogP contribution < -0.4 is 11.5 Å². The lowest BCUT2D eigenvalue weighted by Crippen LogP contribution is -2.23. The van der Waals surface area contributed by atoms with Gasteiger partial charge in [0.25, 0.3) is 0 Å².